The van der Waals surface area contributed by atoms with E-state index in [-0.39, 0.29) is 24.8 Å². The van der Waals surface area contributed by atoms with Crippen LogP contribution < -0.4 is 9.47 Å². The first-order valence-electron chi connectivity index (χ1n) is 7.95. The van der Waals surface area contributed by atoms with Crippen molar-refractivity contribution < 1.29 is 19.1 Å². The number of unbranched alkanes of at least 4 members (excludes halogenated alkanes) is 2. The lowest BCUT2D eigenvalue weighted by Crippen LogP contribution is -2.09. The molecule has 0 heterocycles. The summed E-state index contributed by atoms with van der Waals surface area (Å²) in [6.07, 6.45) is 2.59. The molecule has 2 rings (SSSR count). The maximum atomic E-state index is 11.7. The molecule has 0 aliphatic carbocycles. The minimum absolute atomic E-state index is 0.288. The van der Waals surface area contributed by atoms with Gasteiger partial charge in [-0.15, -0.1) is 0 Å². The van der Waals surface area contributed by atoms with Gasteiger partial charge in [-0.25, -0.2) is 0 Å². The van der Waals surface area contributed by atoms with Crippen molar-refractivity contribution in [2.24, 2.45) is 0 Å². The number of rotatable bonds is 8. The molecular weight excluding hydrogens is 363 g/mol. The molecule has 25 heavy (non-hydrogen) atoms. The first-order valence-corrected chi connectivity index (χ1v) is 8.71. The van der Waals surface area contributed by atoms with Crippen LogP contribution in [0.15, 0.2) is 48.5 Å². The number of ether oxygens (including phenoxy) is 2. The molecule has 0 fully saturated rings. The lowest BCUT2D eigenvalue weighted by Gasteiger charge is -2.05. The molecule has 4 nitrogen and oxygen atoms in total. The summed E-state index contributed by atoms with van der Waals surface area (Å²) in [5, 5.41) is 1.03. The van der Waals surface area contributed by atoms with Crippen LogP contribution in [-0.2, 0) is 9.59 Å². The van der Waals surface area contributed by atoms with Crippen LogP contribution >= 0.6 is 23.2 Å². The fraction of sp³-hybridized carbons (Fsp3) is 0.263. The number of halogens is 2. The fourth-order valence-corrected chi connectivity index (χ4v) is 2.50. The highest BCUT2D eigenvalue weighted by atomic mass is 35.5. The molecule has 0 aliphatic rings. The number of carbonyl (C=O) groups is 2. The standard InChI is InChI=1S/C19H18Cl2O4/c20-14-6-4-8-16(12-14)24-18(22)10-2-1-3-11-19(23)25-17-9-5-7-15(21)13-17/h4-9,12-13H,1-3,10-11H2. The predicted molar refractivity (Wildman–Crippen MR) is 97.3 cm³/mol. The Morgan fingerprint density at radius 2 is 1.16 bits per heavy atom. The monoisotopic (exact) mass is 380 g/mol. The molecule has 132 valence electrons. The summed E-state index contributed by atoms with van der Waals surface area (Å²) in [6.45, 7) is 0. The molecule has 6 heteroatoms. The molecule has 0 aromatic heterocycles. The summed E-state index contributed by atoms with van der Waals surface area (Å²) in [6, 6.07) is 13.4. The van der Waals surface area contributed by atoms with Gasteiger partial charge >= 0.3 is 11.9 Å². The maximum Gasteiger partial charge on any atom is 0.311 e. The van der Waals surface area contributed by atoms with Gasteiger partial charge in [0.05, 0.1) is 0 Å². The zero-order valence-electron chi connectivity index (χ0n) is 13.5. The lowest BCUT2D eigenvalue weighted by molar-refractivity contribution is -0.134. The van der Waals surface area contributed by atoms with Gasteiger partial charge in [-0.2, -0.15) is 0 Å². The minimum Gasteiger partial charge on any atom is -0.426 e. The van der Waals surface area contributed by atoms with E-state index in [9.17, 15) is 9.59 Å². The van der Waals surface area contributed by atoms with Crippen molar-refractivity contribution >= 4 is 35.1 Å². The van der Waals surface area contributed by atoms with Crippen LogP contribution in [0.4, 0.5) is 0 Å². The molecule has 0 amide bonds. The molecule has 0 unspecified atom stereocenters. The second-order valence-electron chi connectivity index (χ2n) is 5.42. The second-order valence-corrected chi connectivity index (χ2v) is 6.30. The highest BCUT2D eigenvalue weighted by Gasteiger charge is 2.08. The lowest BCUT2D eigenvalue weighted by atomic mass is 10.1. The summed E-state index contributed by atoms with van der Waals surface area (Å²) >= 11 is 11.7. The number of hydrogen-bond donors (Lipinski definition) is 0. The van der Waals surface area contributed by atoms with Gasteiger partial charge in [-0.05, 0) is 49.2 Å². The average Bonchev–Trinajstić information content (AvgIpc) is 2.54. The van der Waals surface area contributed by atoms with Crippen LogP contribution in [0.25, 0.3) is 0 Å². The summed E-state index contributed by atoms with van der Waals surface area (Å²) in [5.74, 6) is 0.234. The third-order valence-corrected chi connectivity index (χ3v) is 3.79. The van der Waals surface area contributed by atoms with Gasteiger partial charge in [-0.1, -0.05) is 41.8 Å². The van der Waals surface area contributed by atoms with E-state index in [1.54, 1.807) is 48.5 Å². The molecule has 0 radical (unpaired) electrons. The van der Waals surface area contributed by atoms with Gasteiger partial charge in [0.25, 0.3) is 0 Å². The maximum absolute atomic E-state index is 11.7. The van der Waals surface area contributed by atoms with E-state index in [4.69, 9.17) is 32.7 Å². The van der Waals surface area contributed by atoms with Crippen molar-refractivity contribution in [3.05, 3.63) is 58.6 Å². The molecule has 0 N–H and O–H groups in total. The smallest absolute Gasteiger partial charge is 0.311 e. The van der Waals surface area contributed by atoms with E-state index in [1.165, 1.54) is 0 Å². The summed E-state index contributed by atoms with van der Waals surface area (Å²) < 4.78 is 10.4. The molecule has 0 spiro atoms. The fourth-order valence-electron chi connectivity index (χ4n) is 2.14. The van der Waals surface area contributed by atoms with Crippen molar-refractivity contribution in [2.75, 3.05) is 0 Å². The highest BCUT2D eigenvalue weighted by Crippen LogP contribution is 2.19. The van der Waals surface area contributed by atoms with Crippen LogP contribution in [0, 0.1) is 0 Å². The summed E-state index contributed by atoms with van der Waals surface area (Å²) in [7, 11) is 0. The van der Waals surface area contributed by atoms with Gasteiger partial charge in [0.2, 0.25) is 0 Å². The average molecular weight is 381 g/mol. The largest absolute Gasteiger partial charge is 0.426 e. The Kier molecular flexibility index (Phi) is 7.76. The molecule has 0 bridgehead atoms. The van der Waals surface area contributed by atoms with Crippen molar-refractivity contribution in [3.8, 4) is 11.5 Å². The van der Waals surface area contributed by atoms with E-state index in [0.717, 1.165) is 6.42 Å². The first kappa shape index (κ1) is 19.3. The Morgan fingerprint density at radius 1 is 0.720 bits per heavy atom. The molecule has 0 saturated carbocycles. The van der Waals surface area contributed by atoms with E-state index >= 15 is 0 Å². The number of hydrogen-bond acceptors (Lipinski definition) is 4. The van der Waals surface area contributed by atoms with Crippen molar-refractivity contribution in [1.29, 1.82) is 0 Å². The summed E-state index contributed by atoms with van der Waals surface area (Å²) in [5.41, 5.74) is 0. The third kappa shape index (κ3) is 7.59. The Balaban J connectivity index is 1.59. The van der Waals surface area contributed by atoms with Crippen molar-refractivity contribution in [2.45, 2.75) is 32.1 Å². The van der Waals surface area contributed by atoms with E-state index in [1.807, 2.05) is 0 Å². The topological polar surface area (TPSA) is 52.6 Å². The van der Waals surface area contributed by atoms with Crippen LogP contribution in [-0.4, -0.2) is 11.9 Å². The predicted octanol–water partition coefficient (Wildman–Crippen LogP) is 5.45. The minimum atomic E-state index is -0.316. The van der Waals surface area contributed by atoms with Crippen LogP contribution in [0.5, 0.6) is 11.5 Å². The first-order chi connectivity index (χ1) is 12.0. The Morgan fingerprint density at radius 3 is 1.56 bits per heavy atom. The van der Waals surface area contributed by atoms with Gasteiger partial charge in [0.1, 0.15) is 11.5 Å². The van der Waals surface area contributed by atoms with Crippen LogP contribution in [0.1, 0.15) is 32.1 Å². The zero-order chi connectivity index (χ0) is 18.1. The number of carbonyl (C=O) groups excluding carboxylic acids is 2. The van der Waals surface area contributed by atoms with Crippen LogP contribution in [0.2, 0.25) is 10.0 Å². The highest BCUT2D eigenvalue weighted by molar-refractivity contribution is 6.31. The van der Waals surface area contributed by atoms with Crippen molar-refractivity contribution in [3.63, 3.8) is 0 Å². The zero-order valence-corrected chi connectivity index (χ0v) is 15.1. The second kappa shape index (κ2) is 10.1. The van der Waals surface area contributed by atoms with E-state index in [2.05, 4.69) is 0 Å². The Bertz CT molecular complexity index is 669. The van der Waals surface area contributed by atoms with Gasteiger partial charge in [0.15, 0.2) is 0 Å². The molecule has 0 aliphatic heterocycles. The molecule has 2 aromatic rings. The van der Waals surface area contributed by atoms with Gasteiger partial charge in [0, 0.05) is 22.9 Å². The van der Waals surface area contributed by atoms with E-state index in [0.29, 0.717) is 34.4 Å². The molecular formula is C19H18Cl2O4. The third-order valence-electron chi connectivity index (χ3n) is 3.32. The van der Waals surface area contributed by atoms with Gasteiger partial charge in [-0.3, -0.25) is 9.59 Å². The normalized spacial score (nSPS) is 10.3. The number of benzene rings is 2. The molecule has 0 atom stereocenters. The Labute approximate surface area is 156 Å². The SMILES string of the molecule is O=C(CCCCCC(=O)Oc1cccc(Cl)c1)Oc1cccc(Cl)c1. The quantitative estimate of drug-likeness (QED) is 0.346. The van der Waals surface area contributed by atoms with Gasteiger partial charge < -0.3 is 9.47 Å². The Hall–Kier alpha value is -2.04. The summed E-state index contributed by atoms with van der Waals surface area (Å²) in [4.78, 5) is 23.4. The van der Waals surface area contributed by atoms with Crippen molar-refractivity contribution in [1.82, 2.24) is 0 Å². The van der Waals surface area contributed by atoms with E-state index < -0.39 is 0 Å². The number of esters is 2. The molecule has 0 saturated heterocycles. The van der Waals surface area contributed by atoms with Crippen LogP contribution in [0.3, 0.4) is 0 Å². The molecule has 2 aromatic carbocycles.